The second-order valence-corrected chi connectivity index (χ2v) is 4.31. The van der Waals surface area contributed by atoms with Crippen molar-refractivity contribution < 1.29 is 9.13 Å². The van der Waals surface area contributed by atoms with Crippen LogP contribution in [0.4, 0.5) is 4.39 Å². The standard InChI is InChI=1S/C12H17FN2OS/c1-15(6-7-16-2)8-9-4-3-5-10(11(9)13)12(14)17/h3-5H,6-8H2,1-2H3,(H2,14,17). The molecule has 0 unspecified atom stereocenters. The average Bonchev–Trinajstić information content (AvgIpc) is 2.28. The van der Waals surface area contributed by atoms with E-state index in [2.05, 4.69) is 0 Å². The zero-order valence-corrected chi connectivity index (χ0v) is 10.9. The fourth-order valence-electron chi connectivity index (χ4n) is 1.51. The van der Waals surface area contributed by atoms with Gasteiger partial charge < -0.3 is 10.5 Å². The highest BCUT2D eigenvalue weighted by atomic mass is 32.1. The van der Waals surface area contributed by atoms with Crippen molar-refractivity contribution >= 4 is 17.2 Å². The summed E-state index contributed by atoms with van der Waals surface area (Å²) in [6.45, 7) is 1.87. The van der Waals surface area contributed by atoms with Crippen LogP contribution >= 0.6 is 12.2 Å². The number of rotatable bonds is 6. The molecule has 2 N–H and O–H groups in total. The Morgan fingerprint density at radius 1 is 1.53 bits per heavy atom. The minimum atomic E-state index is -0.329. The van der Waals surface area contributed by atoms with Gasteiger partial charge >= 0.3 is 0 Å². The van der Waals surface area contributed by atoms with Gasteiger partial charge in [-0.05, 0) is 13.1 Å². The quantitative estimate of drug-likeness (QED) is 0.784. The lowest BCUT2D eigenvalue weighted by Gasteiger charge is -2.17. The number of methoxy groups -OCH3 is 1. The van der Waals surface area contributed by atoms with Crippen molar-refractivity contribution in [2.45, 2.75) is 6.54 Å². The van der Waals surface area contributed by atoms with E-state index < -0.39 is 0 Å². The van der Waals surface area contributed by atoms with Crippen LogP contribution in [0.1, 0.15) is 11.1 Å². The van der Waals surface area contributed by atoms with Crippen LogP contribution in [0.3, 0.4) is 0 Å². The molecule has 0 heterocycles. The average molecular weight is 256 g/mol. The van der Waals surface area contributed by atoms with Gasteiger partial charge in [-0.2, -0.15) is 0 Å². The van der Waals surface area contributed by atoms with E-state index in [1.165, 1.54) is 0 Å². The Morgan fingerprint density at radius 3 is 2.82 bits per heavy atom. The van der Waals surface area contributed by atoms with E-state index in [1.54, 1.807) is 25.3 Å². The molecule has 0 aromatic heterocycles. The summed E-state index contributed by atoms with van der Waals surface area (Å²) in [6, 6.07) is 5.09. The molecule has 94 valence electrons. The Hall–Kier alpha value is -1.04. The van der Waals surface area contributed by atoms with Gasteiger partial charge in [0.2, 0.25) is 0 Å². The summed E-state index contributed by atoms with van der Waals surface area (Å²) in [6.07, 6.45) is 0. The van der Waals surface area contributed by atoms with E-state index in [0.717, 1.165) is 6.54 Å². The van der Waals surface area contributed by atoms with Gasteiger partial charge in [-0.15, -0.1) is 0 Å². The van der Waals surface area contributed by atoms with Gasteiger partial charge in [-0.25, -0.2) is 4.39 Å². The molecule has 0 aliphatic carbocycles. The molecule has 3 nitrogen and oxygen atoms in total. The van der Waals surface area contributed by atoms with Crippen LogP contribution in [0.25, 0.3) is 0 Å². The lowest BCUT2D eigenvalue weighted by Crippen LogP contribution is -2.23. The van der Waals surface area contributed by atoms with E-state index in [0.29, 0.717) is 24.3 Å². The van der Waals surface area contributed by atoms with Crippen molar-refractivity contribution in [3.05, 3.63) is 35.1 Å². The normalized spacial score (nSPS) is 10.8. The van der Waals surface area contributed by atoms with Gasteiger partial charge in [-0.3, -0.25) is 4.90 Å². The van der Waals surface area contributed by atoms with Crippen molar-refractivity contribution in [1.29, 1.82) is 0 Å². The topological polar surface area (TPSA) is 38.5 Å². The second kappa shape index (κ2) is 6.64. The van der Waals surface area contributed by atoms with Crippen LogP contribution in [-0.2, 0) is 11.3 Å². The molecule has 0 atom stereocenters. The Morgan fingerprint density at radius 2 is 2.24 bits per heavy atom. The first-order valence-electron chi connectivity index (χ1n) is 5.31. The van der Waals surface area contributed by atoms with Gasteiger partial charge in [0.05, 0.1) is 6.61 Å². The third-order valence-corrected chi connectivity index (χ3v) is 2.68. The number of nitrogens with two attached hydrogens (primary N) is 1. The number of benzene rings is 1. The molecule has 0 spiro atoms. The predicted molar refractivity (Wildman–Crippen MR) is 70.5 cm³/mol. The van der Waals surface area contributed by atoms with E-state index in [9.17, 15) is 4.39 Å². The monoisotopic (exact) mass is 256 g/mol. The van der Waals surface area contributed by atoms with Gasteiger partial charge in [-0.1, -0.05) is 24.4 Å². The smallest absolute Gasteiger partial charge is 0.137 e. The largest absolute Gasteiger partial charge is 0.389 e. The lowest BCUT2D eigenvalue weighted by molar-refractivity contribution is 0.158. The molecule has 1 aromatic carbocycles. The number of hydrogen-bond acceptors (Lipinski definition) is 3. The fourth-order valence-corrected chi connectivity index (χ4v) is 1.67. The maximum atomic E-state index is 14.0. The number of nitrogens with zero attached hydrogens (tertiary/aromatic N) is 1. The summed E-state index contributed by atoms with van der Waals surface area (Å²) < 4.78 is 18.9. The SMILES string of the molecule is COCCN(C)Cc1cccc(C(N)=S)c1F. The minimum Gasteiger partial charge on any atom is -0.389 e. The maximum Gasteiger partial charge on any atom is 0.137 e. The van der Waals surface area contributed by atoms with Gasteiger partial charge in [0.25, 0.3) is 0 Å². The highest BCUT2D eigenvalue weighted by molar-refractivity contribution is 7.80. The van der Waals surface area contributed by atoms with E-state index in [4.69, 9.17) is 22.7 Å². The summed E-state index contributed by atoms with van der Waals surface area (Å²) in [5.74, 6) is -0.329. The Bertz CT molecular complexity index is 398. The van der Waals surface area contributed by atoms with Gasteiger partial charge in [0.15, 0.2) is 0 Å². The molecule has 0 bridgehead atoms. The van der Waals surface area contributed by atoms with E-state index in [1.807, 2.05) is 11.9 Å². The maximum absolute atomic E-state index is 14.0. The number of halogens is 1. The Kier molecular flexibility index (Phi) is 5.47. The van der Waals surface area contributed by atoms with Crippen molar-refractivity contribution in [3.63, 3.8) is 0 Å². The zero-order valence-electron chi connectivity index (χ0n) is 10.1. The highest BCUT2D eigenvalue weighted by Gasteiger charge is 2.11. The van der Waals surface area contributed by atoms with Crippen LogP contribution in [0.2, 0.25) is 0 Å². The molecule has 0 radical (unpaired) electrons. The molecule has 0 saturated carbocycles. The van der Waals surface area contributed by atoms with Crippen molar-refractivity contribution in [3.8, 4) is 0 Å². The Balaban J connectivity index is 2.77. The second-order valence-electron chi connectivity index (χ2n) is 3.87. The zero-order chi connectivity index (χ0) is 12.8. The Labute approximate surface area is 106 Å². The first-order valence-corrected chi connectivity index (χ1v) is 5.71. The van der Waals surface area contributed by atoms with E-state index >= 15 is 0 Å². The molecular formula is C12H17FN2OS. The highest BCUT2D eigenvalue weighted by Crippen LogP contribution is 2.14. The third kappa shape index (κ3) is 4.03. The summed E-state index contributed by atoms with van der Waals surface area (Å²) in [4.78, 5) is 2.06. The van der Waals surface area contributed by atoms with E-state index in [-0.39, 0.29) is 10.8 Å². The summed E-state index contributed by atoms with van der Waals surface area (Å²) in [5.41, 5.74) is 6.35. The molecule has 0 fully saturated rings. The number of likely N-dealkylation sites (N-methyl/N-ethyl adjacent to an activating group) is 1. The number of thiocarbonyl (C=S) groups is 1. The third-order valence-electron chi connectivity index (χ3n) is 2.46. The van der Waals surface area contributed by atoms with Crippen LogP contribution in [0.5, 0.6) is 0 Å². The molecule has 1 aromatic rings. The van der Waals surface area contributed by atoms with Crippen molar-refractivity contribution in [1.82, 2.24) is 4.90 Å². The molecule has 0 aliphatic heterocycles. The summed E-state index contributed by atoms with van der Waals surface area (Å²) >= 11 is 4.80. The van der Waals surface area contributed by atoms with Gasteiger partial charge in [0, 0.05) is 31.3 Å². The first kappa shape index (κ1) is 14.0. The molecule has 0 saturated heterocycles. The number of ether oxygens (including phenoxy) is 1. The molecule has 1 rings (SSSR count). The molecule has 17 heavy (non-hydrogen) atoms. The van der Waals surface area contributed by atoms with Crippen LogP contribution in [0, 0.1) is 5.82 Å². The molecular weight excluding hydrogens is 239 g/mol. The lowest BCUT2D eigenvalue weighted by atomic mass is 10.1. The minimum absolute atomic E-state index is 0.0869. The molecule has 0 aliphatic rings. The summed E-state index contributed by atoms with van der Waals surface area (Å²) in [5, 5.41) is 0. The predicted octanol–water partition coefficient (Wildman–Crippen LogP) is 1.54. The van der Waals surface area contributed by atoms with Crippen LogP contribution in [0.15, 0.2) is 18.2 Å². The first-order chi connectivity index (χ1) is 8.06. The van der Waals surface area contributed by atoms with Crippen molar-refractivity contribution in [2.24, 2.45) is 5.73 Å². The molecule has 5 heteroatoms. The fraction of sp³-hybridized carbons (Fsp3) is 0.417. The molecule has 0 amide bonds. The van der Waals surface area contributed by atoms with Gasteiger partial charge in [0.1, 0.15) is 10.8 Å². The van der Waals surface area contributed by atoms with Crippen molar-refractivity contribution in [2.75, 3.05) is 27.3 Å². The summed E-state index contributed by atoms with van der Waals surface area (Å²) in [7, 11) is 3.55. The number of hydrogen-bond donors (Lipinski definition) is 1. The van der Waals surface area contributed by atoms with Crippen LogP contribution < -0.4 is 5.73 Å². The van der Waals surface area contributed by atoms with Crippen LogP contribution in [-0.4, -0.2) is 37.2 Å².